The average molecular weight is 267 g/mol. The van der Waals surface area contributed by atoms with Crippen molar-refractivity contribution in [3.8, 4) is 0 Å². The van der Waals surface area contributed by atoms with Crippen LogP contribution in [-0.4, -0.2) is 21.2 Å². The first-order valence-corrected chi connectivity index (χ1v) is 8.18. The summed E-state index contributed by atoms with van der Waals surface area (Å²) in [7, 11) is -3.08. The molecule has 100 valence electrons. The molecule has 0 saturated heterocycles. The maximum Gasteiger partial charge on any atom is 0.175 e. The predicted octanol–water partition coefficient (Wildman–Crippen LogP) is 2.23. The van der Waals surface area contributed by atoms with Crippen molar-refractivity contribution in [2.75, 3.05) is 12.8 Å². The molecule has 1 saturated carbocycles. The van der Waals surface area contributed by atoms with E-state index in [9.17, 15) is 8.42 Å². The quantitative estimate of drug-likeness (QED) is 0.890. The van der Waals surface area contributed by atoms with Gasteiger partial charge in [-0.2, -0.15) is 0 Å². The van der Waals surface area contributed by atoms with Crippen LogP contribution >= 0.6 is 0 Å². The van der Waals surface area contributed by atoms with Crippen LogP contribution in [0.2, 0.25) is 0 Å². The van der Waals surface area contributed by atoms with Gasteiger partial charge in [0.05, 0.1) is 4.90 Å². The molecule has 0 heterocycles. The maximum absolute atomic E-state index is 11.3. The van der Waals surface area contributed by atoms with Gasteiger partial charge in [0.2, 0.25) is 0 Å². The second-order valence-corrected chi connectivity index (χ2v) is 7.95. The minimum atomic E-state index is -3.08. The second-order valence-electron chi connectivity index (χ2n) is 5.94. The fourth-order valence-corrected chi connectivity index (χ4v) is 2.80. The van der Waals surface area contributed by atoms with E-state index in [0.717, 1.165) is 24.6 Å². The summed E-state index contributed by atoms with van der Waals surface area (Å²) in [5.74, 6) is 0.785. The highest BCUT2D eigenvalue weighted by molar-refractivity contribution is 7.90. The summed E-state index contributed by atoms with van der Waals surface area (Å²) < 4.78 is 22.6. The fourth-order valence-electron chi connectivity index (χ4n) is 2.17. The van der Waals surface area contributed by atoms with E-state index in [1.54, 1.807) is 12.1 Å². The molecule has 0 aromatic heterocycles. The van der Waals surface area contributed by atoms with Gasteiger partial charge in [0.1, 0.15) is 0 Å². The first-order chi connectivity index (χ1) is 8.29. The van der Waals surface area contributed by atoms with Gasteiger partial charge in [-0.3, -0.25) is 0 Å². The van der Waals surface area contributed by atoms with Crippen LogP contribution < -0.4 is 5.32 Å². The molecule has 3 nitrogen and oxygen atoms in total. The number of hydrogen-bond acceptors (Lipinski definition) is 3. The normalized spacial score (nSPS) is 21.8. The number of hydrogen-bond donors (Lipinski definition) is 1. The highest BCUT2D eigenvalue weighted by atomic mass is 32.2. The summed E-state index contributed by atoms with van der Waals surface area (Å²) in [5, 5.41) is 3.43. The van der Waals surface area contributed by atoms with E-state index >= 15 is 0 Å². The van der Waals surface area contributed by atoms with Gasteiger partial charge in [0, 0.05) is 12.8 Å². The number of benzene rings is 1. The molecule has 1 aliphatic carbocycles. The summed E-state index contributed by atoms with van der Waals surface area (Å²) in [5.41, 5.74) is 1.63. The third kappa shape index (κ3) is 3.33. The third-order valence-electron chi connectivity index (χ3n) is 3.79. The average Bonchev–Trinajstić information content (AvgIpc) is 2.86. The lowest BCUT2D eigenvalue weighted by molar-refractivity contribution is 0.519. The van der Waals surface area contributed by atoms with Crippen LogP contribution in [0.3, 0.4) is 0 Å². The first kappa shape index (κ1) is 13.6. The van der Waals surface area contributed by atoms with Gasteiger partial charge in [-0.05, 0) is 42.0 Å². The van der Waals surface area contributed by atoms with Crippen molar-refractivity contribution in [3.05, 3.63) is 29.8 Å². The topological polar surface area (TPSA) is 46.2 Å². The van der Waals surface area contributed by atoms with Crippen LogP contribution in [0, 0.1) is 11.3 Å². The Balaban J connectivity index is 1.84. The van der Waals surface area contributed by atoms with Crippen LogP contribution in [0.1, 0.15) is 25.8 Å². The van der Waals surface area contributed by atoms with E-state index in [1.807, 2.05) is 12.1 Å². The molecule has 18 heavy (non-hydrogen) atoms. The number of rotatable bonds is 5. The lowest BCUT2D eigenvalue weighted by Gasteiger charge is -2.07. The Kier molecular flexibility index (Phi) is 3.52. The van der Waals surface area contributed by atoms with Crippen LogP contribution in [0.25, 0.3) is 0 Å². The lowest BCUT2D eigenvalue weighted by Crippen LogP contribution is -2.18. The van der Waals surface area contributed by atoms with Gasteiger partial charge >= 0.3 is 0 Å². The van der Waals surface area contributed by atoms with E-state index in [4.69, 9.17) is 0 Å². The fraction of sp³-hybridized carbons (Fsp3) is 0.571. The molecule has 0 aliphatic heterocycles. The predicted molar refractivity (Wildman–Crippen MR) is 73.1 cm³/mol. The Labute approximate surface area is 110 Å². The van der Waals surface area contributed by atoms with Crippen molar-refractivity contribution in [1.29, 1.82) is 0 Å². The zero-order valence-electron chi connectivity index (χ0n) is 11.2. The zero-order valence-corrected chi connectivity index (χ0v) is 12.0. The highest BCUT2D eigenvalue weighted by Crippen LogP contribution is 2.50. The Morgan fingerprint density at radius 3 is 2.28 bits per heavy atom. The Morgan fingerprint density at radius 2 is 1.83 bits per heavy atom. The van der Waals surface area contributed by atoms with Crippen molar-refractivity contribution in [2.45, 2.75) is 31.7 Å². The van der Waals surface area contributed by atoms with Crippen molar-refractivity contribution in [1.82, 2.24) is 5.32 Å². The molecular weight excluding hydrogens is 246 g/mol. The Bertz CT molecular complexity index is 517. The zero-order chi connectivity index (χ0) is 13.4. The van der Waals surface area contributed by atoms with Gasteiger partial charge < -0.3 is 5.32 Å². The number of nitrogens with one attached hydrogen (secondary N) is 1. The molecule has 4 heteroatoms. The molecule has 2 rings (SSSR count). The lowest BCUT2D eigenvalue weighted by atomic mass is 10.1. The first-order valence-electron chi connectivity index (χ1n) is 6.29. The molecular formula is C14H21NO2S. The van der Waals surface area contributed by atoms with Gasteiger partial charge in [-0.25, -0.2) is 8.42 Å². The molecule has 1 aromatic carbocycles. The smallest absolute Gasteiger partial charge is 0.175 e. The highest BCUT2D eigenvalue weighted by Gasteiger charge is 2.44. The third-order valence-corrected chi connectivity index (χ3v) is 4.92. The van der Waals surface area contributed by atoms with E-state index in [1.165, 1.54) is 12.7 Å². The summed E-state index contributed by atoms with van der Waals surface area (Å²) in [6.45, 7) is 6.43. The summed E-state index contributed by atoms with van der Waals surface area (Å²) in [6.07, 6.45) is 2.53. The van der Waals surface area contributed by atoms with Crippen LogP contribution in [-0.2, 0) is 16.4 Å². The van der Waals surface area contributed by atoms with Gasteiger partial charge in [0.25, 0.3) is 0 Å². The Morgan fingerprint density at radius 1 is 1.28 bits per heavy atom. The molecule has 0 bridgehead atoms. The standard InChI is InChI=1S/C14H21NO2S/c1-14(2)8-12(14)10-15-9-11-4-6-13(7-5-11)18(3,16)17/h4-7,12,15H,8-10H2,1-3H3. The molecule has 1 aliphatic rings. The molecule has 0 radical (unpaired) electrons. The SMILES string of the molecule is CC1(C)CC1CNCc1ccc(S(C)(=O)=O)cc1. The molecule has 1 N–H and O–H groups in total. The molecule has 1 aromatic rings. The number of sulfone groups is 1. The van der Waals surface area contributed by atoms with E-state index < -0.39 is 9.84 Å². The van der Waals surface area contributed by atoms with E-state index in [0.29, 0.717) is 10.3 Å². The second kappa shape index (κ2) is 4.67. The van der Waals surface area contributed by atoms with Crippen molar-refractivity contribution in [3.63, 3.8) is 0 Å². The summed E-state index contributed by atoms with van der Waals surface area (Å²) in [4.78, 5) is 0.384. The molecule has 1 fully saturated rings. The van der Waals surface area contributed by atoms with Gasteiger partial charge in [-0.1, -0.05) is 26.0 Å². The maximum atomic E-state index is 11.3. The summed E-state index contributed by atoms with van der Waals surface area (Å²) in [6, 6.07) is 7.10. The monoisotopic (exact) mass is 267 g/mol. The van der Waals surface area contributed by atoms with Crippen molar-refractivity contribution in [2.24, 2.45) is 11.3 Å². The minimum Gasteiger partial charge on any atom is -0.312 e. The van der Waals surface area contributed by atoms with Crippen LogP contribution in [0.5, 0.6) is 0 Å². The largest absolute Gasteiger partial charge is 0.312 e. The summed E-state index contributed by atoms with van der Waals surface area (Å²) >= 11 is 0. The molecule has 1 atom stereocenters. The molecule has 1 unspecified atom stereocenters. The van der Waals surface area contributed by atoms with Crippen LogP contribution in [0.15, 0.2) is 29.2 Å². The molecule has 0 spiro atoms. The minimum absolute atomic E-state index is 0.384. The van der Waals surface area contributed by atoms with E-state index in [2.05, 4.69) is 19.2 Å². The van der Waals surface area contributed by atoms with Crippen LogP contribution in [0.4, 0.5) is 0 Å². The van der Waals surface area contributed by atoms with Gasteiger partial charge in [0.15, 0.2) is 9.84 Å². The Hall–Kier alpha value is -0.870. The van der Waals surface area contributed by atoms with E-state index in [-0.39, 0.29) is 0 Å². The van der Waals surface area contributed by atoms with Crippen molar-refractivity contribution < 1.29 is 8.42 Å². The molecule has 0 amide bonds. The van der Waals surface area contributed by atoms with Crippen molar-refractivity contribution >= 4 is 9.84 Å². The van der Waals surface area contributed by atoms with Gasteiger partial charge in [-0.15, -0.1) is 0 Å².